The van der Waals surface area contributed by atoms with E-state index in [-0.39, 0.29) is 18.6 Å². The number of rotatable bonds is 11. The van der Waals surface area contributed by atoms with E-state index in [0.717, 1.165) is 43.1 Å². The van der Waals surface area contributed by atoms with Crippen molar-refractivity contribution in [2.45, 2.75) is 25.4 Å². The molecule has 1 fully saturated rings. The summed E-state index contributed by atoms with van der Waals surface area (Å²) < 4.78 is 17.2. The molecular weight excluding hydrogens is 416 g/mol. The number of carbonyl (C=O) groups excluding carboxylic acids is 1. The Morgan fingerprint density at radius 2 is 1.76 bits per heavy atom. The minimum atomic E-state index is -0.129. The van der Waals surface area contributed by atoms with E-state index in [9.17, 15) is 4.79 Å². The topological polar surface area (TPSA) is 68.8 Å². The van der Waals surface area contributed by atoms with Crippen molar-refractivity contribution < 1.29 is 19.0 Å². The van der Waals surface area contributed by atoms with Crippen molar-refractivity contribution >= 4 is 17.3 Å². The molecule has 1 saturated heterocycles. The molecule has 3 aromatic rings. The molecule has 33 heavy (non-hydrogen) atoms. The molecule has 0 radical (unpaired) electrons. The molecule has 2 N–H and O–H groups in total. The molecule has 1 amide bonds. The van der Waals surface area contributed by atoms with Gasteiger partial charge in [-0.1, -0.05) is 36.4 Å². The molecule has 3 aromatic carbocycles. The molecule has 0 aromatic heterocycles. The van der Waals surface area contributed by atoms with Crippen LogP contribution in [0.5, 0.6) is 11.5 Å². The number of nitrogens with one attached hydrogen (secondary N) is 2. The number of anilines is 2. The van der Waals surface area contributed by atoms with E-state index < -0.39 is 0 Å². The van der Waals surface area contributed by atoms with Crippen LogP contribution in [0.15, 0.2) is 78.9 Å². The summed E-state index contributed by atoms with van der Waals surface area (Å²) in [7, 11) is 0. The lowest BCUT2D eigenvalue weighted by atomic mass is 10.2. The van der Waals surface area contributed by atoms with Crippen LogP contribution < -0.4 is 20.1 Å². The Bertz CT molecular complexity index is 1000. The van der Waals surface area contributed by atoms with E-state index >= 15 is 0 Å². The van der Waals surface area contributed by atoms with E-state index in [0.29, 0.717) is 18.9 Å². The Morgan fingerprint density at radius 3 is 2.55 bits per heavy atom. The van der Waals surface area contributed by atoms with Crippen molar-refractivity contribution in [2.75, 3.05) is 37.0 Å². The van der Waals surface area contributed by atoms with Crippen LogP contribution in [0.25, 0.3) is 0 Å². The molecule has 6 nitrogen and oxygen atoms in total. The quantitative estimate of drug-likeness (QED) is 0.438. The number of ether oxygens (including phenoxy) is 3. The fourth-order valence-electron chi connectivity index (χ4n) is 3.62. The van der Waals surface area contributed by atoms with Crippen molar-refractivity contribution in [3.63, 3.8) is 0 Å². The third-order valence-electron chi connectivity index (χ3n) is 5.39. The normalized spacial score (nSPS) is 15.1. The van der Waals surface area contributed by atoms with E-state index in [4.69, 9.17) is 14.2 Å². The molecule has 0 spiro atoms. The fraction of sp³-hybridized carbons (Fsp3) is 0.296. The largest absolute Gasteiger partial charge is 0.493 e. The maximum absolute atomic E-state index is 12.4. The molecule has 0 aliphatic carbocycles. The Labute approximate surface area is 194 Å². The summed E-state index contributed by atoms with van der Waals surface area (Å²) >= 11 is 0. The summed E-state index contributed by atoms with van der Waals surface area (Å²) in [6, 6.07) is 25.3. The summed E-state index contributed by atoms with van der Waals surface area (Å²) in [5.41, 5.74) is 2.79. The zero-order valence-corrected chi connectivity index (χ0v) is 18.7. The predicted molar refractivity (Wildman–Crippen MR) is 130 cm³/mol. The van der Waals surface area contributed by atoms with Gasteiger partial charge >= 0.3 is 0 Å². The SMILES string of the molecule is O=C(CNc1ccc(OCC2CCCO2)cc1)Nc1cccc(OCCc2ccccc2)c1. The van der Waals surface area contributed by atoms with Gasteiger partial charge in [0.2, 0.25) is 5.91 Å². The summed E-state index contributed by atoms with van der Waals surface area (Å²) in [4.78, 5) is 12.4. The first kappa shape index (κ1) is 22.7. The van der Waals surface area contributed by atoms with Crippen LogP contribution in [-0.4, -0.2) is 38.4 Å². The first-order valence-corrected chi connectivity index (χ1v) is 11.4. The minimum Gasteiger partial charge on any atom is -0.493 e. The second kappa shape index (κ2) is 11.9. The van der Waals surface area contributed by atoms with Gasteiger partial charge in [-0.2, -0.15) is 0 Å². The molecule has 6 heteroatoms. The highest BCUT2D eigenvalue weighted by molar-refractivity contribution is 5.93. The highest BCUT2D eigenvalue weighted by Gasteiger charge is 2.15. The van der Waals surface area contributed by atoms with Crippen LogP contribution in [0.3, 0.4) is 0 Å². The smallest absolute Gasteiger partial charge is 0.243 e. The zero-order chi connectivity index (χ0) is 22.7. The molecule has 1 aliphatic heterocycles. The van der Waals surface area contributed by atoms with Crippen LogP contribution in [0.1, 0.15) is 18.4 Å². The van der Waals surface area contributed by atoms with Gasteiger partial charge in [-0.3, -0.25) is 4.79 Å². The van der Waals surface area contributed by atoms with Gasteiger partial charge in [0.05, 0.1) is 19.3 Å². The molecule has 1 heterocycles. The molecule has 172 valence electrons. The highest BCUT2D eigenvalue weighted by Crippen LogP contribution is 2.19. The van der Waals surface area contributed by atoms with Crippen LogP contribution >= 0.6 is 0 Å². The number of hydrogen-bond acceptors (Lipinski definition) is 5. The zero-order valence-electron chi connectivity index (χ0n) is 18.7. The second-order valence-electron chi connectivity index (χ2n) is 7.98. The first-order valence-electron chi connectivity index (χ1n) is 11.4. The molecular formula is C27H30N2O4. The van der Waals surface area contributed by atoms with Crippen molar-refractivity contribution in [2.24, 2.45) is 0 Å². The summed E-state index contributed by atoms with van der Waals surface area (Å²) in [6.45, 7) is 2.14. The molecule has 0 saturated carbocycles. The Balaban J connectivity index is 1.18. The van der Waals surface area contributed by atoms with E-state index in [2.05, 4.69) is 22.8 Å². The van der Waals surface area contributed by atoms with Gasteiger partial charge in [0.15, 0.2) is 0 Å². The Hall–Kier alpha value is -3.51. The van der Waals surface area contributed by atoms with Gasteiger partial charge in [-0.05, 0) is 54.8 Å². The van der Waals surface area contributed by atoms with Gasteiger partial charge in [-0.15, -0.1) is 0 Å². The lowest BCUT2D eigenvalue weighted by Gasteiger charge is -2.12. The molecule has 1 unspecified atom stereocenters. The summed E-state index contributed by atoms with van der Waals surface area (Å²) in [6.07, 6.45) is 3.18. The number of carbonyl (C=O) groups is 1. The van der Waals surface area contributed by atoms with E-state index in [1.54, 1.807) is 0 Å². The molecule has 0 bridgehead atoms. The minimum absolute atomic E-state index is 0.129. The maximum Gasteiger partial charge on any atom is 0.243 e. The van der Waals surface area contributed by atoms with Gasteiger partial charge in [0.25, 0.3) is 0 Å². The third-order valence-corrected chi connectivity index (χ3v) is 5.39. The van der Waals surface area contributed by atoms with Gasteiger partial charge in [-0.25, -0.2) is 0 Å². The predicted octanol–water partition coefficient (Wildman–Crippen LogP) is 4.92. The van der Waals surface area contributed by atoms with Crippen molar-refractivity contribution in [3.05, 3.63) is 84.4 Å². The molecule has 1 aliphatic rings. The lowest BCUT2D eigenvalue weighted by Crippen LogP contribution is -2.21. The number of benzene rings is 3. The lowest BCUT2D eigenvalue weighted by molar-refractivity contribution is -0.114. The standard InChI is InChI=1S/C27H30N2O4/c30-27(19-28-22-11-13-24(14-12-22)33-20-26-10-5-16-31-26)29-23-8-4-9-25(18-23)32-17-15-21-6-2-1-3-7-21/h1-4,6-9,11-14,18,26,28H,5,10,15-17,19-20H2,(H,29,30). The van der Waals surface area contributed by atoms with Crippen LogP contribution in [0, 0.1) is 0 Å². The number of amides is 1. The first-order chi connectivity index (χ1) is 16.2. The van der Waals surface area contributed by atoms with Crippen molar-refractivity contribution in [1.82, 2.24) is 0 Å². The van der Waals surface area contributed by atoms with Crippen molar-refractivity contribution in [1.29, 1.82) is 0 Å². The highest BCUT2D eigenvalue weighted by atomic mass is 16.5. The van der Waals surface area contributed by atoms with Gasteiger partial charge < -0.3 is 24.8 Å². The van der Waals surface area contributed by atoms with Gasteiger partial charge in [0.1, 0.15) is 18.1 Å². The van der Waals surface area contributed by atoms with Crippen LogP contribution in [0.4, 0.5) is 11.4 Å². The number of hydrogen-bond donors (Lipinski definition) is 2. The van der Waals surface area contributed by atoms with Crippen molar-refractivity contribution in [3.8, 4) is 11.5 Å². The van der Waals surface area contributed by atoms with E-state index in [1.165, 1.54) is 5.56 Å². The second-order valence-corrected chi connectivity index (χ2v) is 7.98. The average molecular weight is 447 g/mol. The summed E-state index contributed by atoms with van der Waals surface area (Å²) in [5, 5.41) is 6.04. The fourth-order valence-corrected chi connectivity index (χ4v) is 3.62. The third kappa shape index (κ3) is 7.54. The van der Waals surface area contributed by atoms with Crippen LogP contribution in [0.2, 0.25) is 0 Å². The van der Waals surface area contributed by atoms with E-state index in [1.807, 2.05) is 66.7 Å². The van der Waals surface area contributed by atoms with Crippen LogP contribution in [-0.2, 0) is 16.0 Å². The Morgan fingerprint density at radius 1 is 0.909 bits per heavy atom. The monoisotopic (exact) mass is 446 g/mol. The van der Waals surface area contributed by atoms with Gasteiger partial charge in [0, 0.05) is 30.5 Å². The average Bonchev–Trinajstić information content (AvgIpc) is 3.37. The molecule has 4 rings (SSSR count). The Kier molecular flexibility index (Phi) is 8.19. The maximum atomic E-state index is 12.4. The summed E-state index contributed by atoms with van der Waals surface area (Å²) in [5.74, 6) is 1.40. The molecule has 1 atom stereocenters.